The van der Waals surface area contributed by atoms with Crippen LogP contribution < -0.4 is 16.4 Å². The molecule has 2 heterocycles. The van der Waals surface area contributed by atoms with Crippen LogP contribution >= 0.6 is 0 Å². The Balaban J connectivity index is 1.83. The summed E-state index contributed by atoms with van der Waals surface area (Å²) in [6.07, 6.45) is 3.96. The fourth-order valence-electron chi connectivity index (χ4n) is 3.91. The van der Waals surface area contributed by atoms with Gasteiger partial charge in [0.2, 0.25) is 17.7 Å². The summed E-state index contributed by atoms with van der Waals surface area (Å²) >= 11 is 0. The molecule has 0 aliphatic carbocycles. The predicted molar refractivity (Wildman–Crippen MR) is 119 cm³/mol. The number of aromatic amines is 1. The van der Waals surface area contributed by atoms with Crippen LogP contribution in [0.5, 0.6) is 5.75 Å². The molecule has 7 N–H and O–H groups in total. The zero-order valence-electron chi connectivity index (χ0n) is 18.4. The van der Waals surface area contributed by atoms with E-state index in [4.69, 9.17) is 5.73 Å². The summed E-state index contributed by atoms with van der Waals surface area (Å²) in [7, 11) is 0. The standard InChI is InChI=1S/C22H28N6O6/c23-10-19(30)26-16(9-14-11-24-12-25-14)20(31)27-17(8-13-3-5-15(29)6-4-13)21(32)28-7-1-2-18(28)22(33)34/h3-6,11-12,16-18,29H,1-2,7-10,23H2,(H,24,25)(H,26,30)(H,27,31)(H,33,34). The SMILES string of the molecule is NCC(=O)NC(Cc1cnc[nH]1)C(=O)NC(Cc1ccc(O)cc1)C(=O)N1CCCC1C(=O)O. The van der Waals surface area contributed by atoms with Gasteiger partial charge in [0, 0.05) is 31.3 Å². The number of phenols is 1. The molecule has 12 nitrogen and oxygen atoms in total. The molecule has 2 aromatic rings. The third kappa shape index (κ3) is 6.32. The van der Waals surface area contributed by atoms with E-state index in [2.05, 4.69) is 20.6 Å². The second kappa shape index (κ2) is 11.3. The summed E-state index contributed by atoms with van der Waals surface area (Å²) in [6, 6.07) is 3.03. The number of H-pyrrole nitrogens is 1. The smallest absolute Gasteiger partial charge is 0.326 e. The fraction of sp³-hybridized carbons (Fsp3) is 0.409. The minimum atomic E-state index is -1.10. The Kier molecular flexibility index (Phi) is 8.19. The maximum absolute atomic E-state index is 13.4. The number of hydrogen-bond acceptors (Lipinski definition) is 7. The number of nitrogens with two attached hydrogens (primary N) is 1. The number of nitrogens with one attached hydrogen (secondary N) is 3. The number of phenolic OH excluding ortho intramolecular Hbond substituents is 1. The molecule has 1 saturated heterocycles. The van der Waals surface area contributed by atoms with E-state index in [1.165, 1.54) is 29.6 Å². The Labute approximate surface area is 195 Å². The van der Waals surface area contributed by atoms with Gasteiger partial charge in [-0.2, -0.15) is 0 Å². The lowest BCUT2D eigenvalue weighted by molar-refractivity contribution is -0.149. The first kappa shape index (κ1) is 24.7. The molecule has 3 rings (SSSR count). The molecule has 1 aromatic heterocycles. The number of carboxylic acids is 1. The number of carbonyl (C=O) groups is 4. The molecule has 0 radical (unpaired) electrons. The van der Waals surface area contributed by atoms with Gasteiger partial charge in [-0.05, 0) is 30.5 Å². The van der Waals surface area contributed by atoms with E-state index in [0.717, 1.165) is 0 Å². The topological polar surface area (TPSA) is 191 Å². The quantitative estimate of drug-likeness (QED) is 0.251. The van der Waals surface area contributed by atoms with E-state index < -0.39 is 41.8 Å². The molecular formula is C22H28N6O6. The first-order chi connectivity index (χ1) is 16.3. The monoisotopic (exact) mass is 472 g/mol. The number of aromatic hydroxyl groups is 1. The number of likely N-dealkylation sites (tertiary alicyclic amines) is 1. The van der Waals surface area contributed by atoms with Crippen LogP contribution in [0.25, 0.3) is 0 Å². The lowest BCUT2D eigenvalue weighted by atomic mass is 10.0. The Morgan fingerprint density at radius 3 is 2.50 bits per heavy atom. The van der Waals surface area contributed by atoms with Gasteiger partial charge in [-0.3, -0.25) is 14.4 Å². The molecule has 3 amide bonds. The van der Waals surface area contributed by atoms with E-state index in [-0.39, 0.29) is 31.7 Å². The number of nitrogens with zero attached hydrogens (tertiary/aromatic N) is 2. The van der Waals surface area contributed by atoms with Crippen LogP contribution in [-0.2, 0) is 32.0 Å². The average molecular weight is 473 g/mol. The van der Waals surface area contributed by atoms with Crippen LogP contribution in [-0.4, -0.2) is 80.0 Å². The normalized spacial score (nSPS) is 17.1. The summed E-state index contributed by atoms with van der Waals surface area (Å²) < 4.78 is 0. The summed E-state index contributed by atoms with van der Waals surface area (Å²) in [5.41, 5.74) is 6.62. The van der Waals surface area contributed by atoms with E-state index in [1.807, 2.05) is 0 Å². The Bertz CT molecular complexity index is 1010. The van der Waals surface area contributed by atoms with Crippen molar-refractivity contribution in [2.75, 3.05) is 13.1 Å². The van der Waals surface area contributed by atoms with Crippen molar-refractivity contribution >= 4 is 23.7 Å². The second-order valence-electron chi connectivity index (χ2n) is 8.06. The van der Waals surface area contributed by atoms with Crippen LogP contribution in [0.3, 0.4) is 0 Å². The Hall–Kier alpha value is -3.93. The summed E-state index contributed by atoms with van der Waals surface area (Å²) in [5.74, 6) is -2.76. The third-order valence-electron chi connectivity index (χ3n) is 5.63. The number of rotatable bonds is 10. The molecule has 0 bridgehead atoms. The molecule has 1 aliphatic rings. The van der Waals surface area contributed by atoms with Crippen molar-refractivity contribution in [2.24, 2.45) is 5.73 Å². The number of aliphatic carboxylic acids is 1. The largest absolute Gasteiger partial charge is 0.508 e. The zero-order valence-corrected chi connectivity index (χ0v) is 18.4. The summed E-state index contributed by atoms with van der Waals surface area (Å²) in [6.45, 7) is -0.0596. The first-order valence-corrected chi connectivity index (χ1v) is 10.9. The highest BCUT2D eigenvalue weighted by molar-refractivity contribution is 5.94. The maximum atomic E-state index is 13.4. The van der Waals surface area contributed by atoms with Gasteiger partial charge < -0.3 is 36.5 Å². The van der Waals surface area contributed by atoms with E-state index in [9.17, 15) is 29.4 Å². The molecule has 1 aromatic carbocycles. The van der Waals surface area contributed by atoms with Gasteiger partial charge in [-0.1, -0.05) is 12.1 Å². The third-order valence-corrected chi connectivity index (χ3v) is 5.63. The van der Waals surface area contributed by atoms with Gasteiger partial charge in [0.25, 0.3) is 0 Å². The molecule has 182 valence electrons. The second-order valence-corrected chi connectivity index (χ2v) is 8.06. The van der Waals surface area contributed by atoms with Crippen LogP contribution in [0.2, 0.25) is 0 Å². The average Bonchev–Trinajstić information content (AvgIpc) is 3.51. The molecule has 1 aliphatic heterocycles. The van der Waals surface area contributed by atoms with Crippen LogP contribution in [0.1, 0.15) is 24.1 Å². The Morgan fingerprint density at radius 2 is 1.88 bits per heavy atom. The summed E-state index contributed by atoms with van der Waals surface area (Å²) in [4.78, 5) is 58.1. The molecule has 3 atom stereocenters. The highest BCUT2D eigenvalue weighted by Crippen LogP contribution is 2.20. The lowest BCUT2D eigenvalue weighted by Gasteiger charge is -2.29. The number of hydrogen-bond donors (Lipinski definition) is 6. The Morgan fingerprint density at radius 1 is 1.15 bits per heavy atom. The minimum Gasteiger partial charge on any atom is -0.508 e. The highest BCUT2D eigenvalue weighted by Gasteiger charge is 2.38. The molecule has 1 fully saturated rings. The molecule has 12 heteroatoms. The predicted octanol–water partition coefficient (Wildman–Crippen LogP) is -1.10. The minimum absolute atomic E-state index is 0.0465. The molecular weight excluding hydrogens is 444 g/mol. The van der Waals surface area contributed by atoms with E-state index in [1.54, 1.807) is 12.1 Å². The van der Waals surface area contributed by atoms with Crippen molar-refractivity contribution in [3.05, 3.63) is 48.0 Å². The molecule has 0 saturated carbocycles. The lowest BCUT2D eigenvalue weighted by Crippen LogP contribution is -2.57. The van der Waals surface area contributed by atoms with Gasteiger partial charge in [0.15, 0.2) is 0 Å². The molecule has 3 unspecified atom stereocenters. The fourth-order valence-corrected chi connectivity index (χ4v) is 3.91. The van der Waals surface area contributed by atoms with Crippen molar-refractivity contribution in [2.45, 2.75) is 43.8 Å². The van der Waals surface area contributed by atoms with Gasteiger partial charge >= 0.3 is 5.97 Å². The van der Waals surface area contributed by atoms with Crippen LogP contribution in [0.15, 0.2) is 36.8 Å². The van der Waals surface area contributed by atoms with Crippen molar-refractivity contribution in [3.63, 3.8) is 0 Å². The van der Waals surface area contributed by atoms with Crippen molar-refractivity contribution in [1.82, 2.24) is 25.5 Å². The van der Waals surface area contributed by atoms with Crippen molar-refractivity contribution in [3.8, 4) is 5.75 Å². The van der Waals surface area contributed by atoms with Crippen LogP contribution in [0, 0.1) is 0 Å². The number of aromatic nitrogens is 2. The first-order valence-electron chi connectivity index (χ1n) is 10.9. The zero-order chi connectivity index (χ0) is 24.7. The summed E-state index contributed by atoms with van der Waals surface area (Å²) in [5, 5.41) is 24.3. The van der Waals surface area contributed by atoms with Crippen molar-refractivity contribution < 1.29 is 29.4 Å². The maximum Gasteiger partial charge on any atom is 0.326 e. The van der Waals surface area contributed by atoms with Gasteiger partial charge in [0.05, 0.1) is 12.9 Å². The van der Waals surface area contributed by atoms with E-state index in [0.29, 0.717) is 24.1 Å². The number of carboxylic acid groups (broad SMARTS) is 1. The highest BCUT2D eigenvalue weighted by atomic mass is 16.4. The number of imidazole rings is 1. The number of carbonyl (C=O) groups excluding carboxylic acids is 3. The molecule has 0 spiro atoms. The van der Waals surface area contributed by atoms with Gasteiger partial charge in [-0.15, -0.1) is 0 Å². The van der Waals surface area contributed by atoms with E-state index >= 15 is 0 Å². The van der Waals surface area contributed by atoms with Gasteiger partial charge in [-0.25, -0.2) is 9.78 Å². The molecule has 34 heavy (non-hydrogen) atoms. The van der Waals surface area contributed by atoms with Gasteiger partial charge in [0.1, 0.15) is 23.9 Å². The number of benzene rings is 1. The van der Waals surface area contributed by atoms with Crippen molar-refractivity contribution in [1.29, 1.82) is 0 Å². The van der Waals surface area contributed by atoms with Crippen LogP contribution in [0.4, 0.5) is 0 Å². The number of amides is 3.